The van der Waals surface area contributed by atoms with Crippen LogP contribution in [0.15, 0.2) is 42.6 Å². The minimum atomic E-state index is -0.218. The molecule has 0 atom stereocenters. The lowest BCUT2D eigenvalue weighted by atomic mass is 10.1. The van der Waals surface area contributed by atoms with E-state index in [1.54, 1.807) is 19.2 Å². The van der Waals surface area contributed by atoms with Crippen molar-refractivity contribution in [1.29, 1.82) is 0 Å². The van der Waals surface area contributed by atoms with Gasteiger partial charge < -0.3 is 10.3 Å². The second-order valence-electron chi connectivity index (χ2n) is 6.54. The third-order valence-electron chi connectivity index (χ3n) is 4.59. The minimum absolute atomic E-state index is 0.110. The Bertz CT molecular complexity index is 888. The monoisotopic (exact) mass is 353 g/mol. The molecular weight excluding hydrogens is 329 g/mol. The molecule has 0 aliphatic heterocycles. The molecule has 1 amide bonds. The SMILES string of the molecule is CNC(=O)CCCCCCc1ncc(-c2ccc3cc(F)ccc3c2)[nH]1. The van der Waals surface area contributed by atoms with E-state index in [9.17, 15) is 9.18 Å². The predicted octanol–water partition coefficient (Wildman–Crippen LogP) is 4.61. The number of unbranched alkanes of at least 4 members (excludes halogenated alkanes) is 3. The average Bonchev–Trinajstić information content (AvgIpc) is 3.12. The van der Waals surface area contributed by atoms with Crippen LogP contribution in [0.5, 0.6) is 0 Å². The number of carbonyl (C=O) groups excluding carboxylic acids is 1. The molecule has 1 aromatic heterocycles. The van der Waals surface area contributed by atoms with E-state index in [-0.39, 0.29) is 11.7 Å². The molecule has 0 saturated carbocycles. The lowest BCUT2D eigenvalue weighted by Gasteiger charge is -2.02. The summed E-state index contributed by atoms with van der Waals surface area (Å²) in [7, 11) is 1.67. The van der Waals surface area contributed by atoms with Crippen LogP contribution in [0.2, 0.25) is 0 Å². The molecule has 5 heteroatoms. The zero-order valence-corrected chi connectivity index (χ0v) is 15.0. The Morgan fingerprint density at radius 2 is 1.85 bits per heavy atom. The molecule has 3 aromatic rings. The Hall–Kier alpha value is -2.69. The third kappa shape index (κ3) is 4.69. The van der Waals surface area contributed by atoms with E-state index in [4.69, 9.17) is 0 Å². The number of amides is 1. The van der Waals surface area contributed by atoms with Gasteiger partial charge in [0.1, 0.15) is 11.6 Å². The highest BCUT2D eigenvalue weighted by Crippen LogP contribution is 2.24. The number of H-pyrrole nitrogens is 1. The zero-order valence-electron chi connectivity index (χ0n) is 15.0. The molecule has 2 aromatic carbocycles. The zero-order chi connectivity index (χ0) is 18.4. The number of nitrogens with one attached hydrogen (secondary N) is 2. The summed E-state index contributed by atoms with van der Waals surface area (Å²) in [6.45, 7) is 0. The first-order chi connectivity index (χ1) is 12.7. The fourth-order valence-corrected chi connectivity index (χ4v) is 3.08. The molecule has 0 unspecified atom stereocenters. The summed E-state index contributed by atoms with van der Waals surface area (Å²) in [6, 6.07) is 10.8. The summed E-state index contributed by atoms with van der Waals surface area (Å²) in [4.78, 5) is 19.0. The van der Waals surface area contributed by atoms with Gasteiger partial charge in [0.05, 0.1) is 11.9 Å². The summed E-state index contributed by atoms with van der Waals surface area (Å²) < 4.78 is 13.3. The van der Waals surface area contributed by atoms with Crippen LogP contribution in [-0.4, -0.2) is 22.9 Å². The molecule has 1 heterocycles. The number of aromatic amines is 1. The highest BCUT2D eigenvalue weighted by atomic mass is 19.1. The number of hydrogen-bond donors (Lipinski definition) is 2. The van der Waals surface area contributed by atoms with Gasteiger partial charge in [-0.3, -0.25) is 4.79 Å². The first-order valence-corrected chi connectivity index (χ1v) is 9.10. The van der Waals surface area contributed by atoms with Crippen molar-refractivity contribution in [3.8, 4) is 11.3 Å². The van der Waals surface area contributed by atoms with Crippen LogP contribution >= 0.6 is 0 Å². The van der Waals surface area contributed by atoms with Crippen molar-refractivity contribution in [2.24, 2.45) is 0 Å². The van der Waals surface area contributed by atoms with Crippen molar-refractivity contribution < 1.29 is 9.18 Å². The van der Waals surface area contributed by atoms with Crippen molar-refractivity contribution in [3.05, 3.63) is 54.2 Å². The van der Waals surface area contributed by atoms with Gasteiger partial charge >= 0.3 is 0 Å². The Labute approximate surface area is 152 Å². The van der Waals surface area contributed by atoms with Gasteiger partial charge in [-0.15, -0.1) is 0 Å². The molecule has 0 aliphatic rings. The quantitative estimate of drug-likeness (QED) is 0.581. The Balaban J connectivity index is 1.53. The van der Waals surface area contributed by atoms with Crippen molar-refractivity contribution in [2.45, 2.75) is 38.5 Å². The maximum atomic E-state index is 13.3. The van der Waals surface area contributed by atoms with Crippen LogP contribution < -0.4 is 5.32 Å². The first kappa shape index (κ1) is 18.1. The van der Waals surface area contributed by atoms with E-state index in [1.807, 2.05) is 24.4 Å². The predicted molar refractivity (Wildman–Crippen MR) is 102 cm³/mol. The maximum absolute atomic E-state index is 13.3. The standard InChI is InChI=1S/C21H24FN3O/c1-23-21(26)7-5-3-2-4-6-20-24-14-19(25-20)17-9-8-16-13-18(22)11-10-15(16)12-17/h8-14H,2-7H2,1H3,(H,23,26)(H,24,25). The first-order valence-electron chi connectivity index (χ1n) is 9.10. The molecule has 4 nitrogen and oxygen atoms in total. The molecule has 0 bridgehead atoms. The molecule has 3 rings (SSSR count). The summed E-state index contributed by atoms with van der Waals surface area (Å²) in [6.07, 6.45) is 7.49. The molecule has 2 N–H and O–H groups in total. The van der Waals surface area contributed by atoms with E-state index in [2.05, 4.69) is 15.3 Å². The van der Waals surface area contributed by atoms with E-state index < -0.39 is 0 Å². The molecule has 0 fully saturated rings. The number of hydrogen-bond acceptors (Lipinski definition) is 2. The minimum Gasteiger partial charge on any atom is -0.359 e. The van der Waals surface area contributed by atoms with Crippen LogP contribution in [0.4, 0.5) is 4.39 Å². The van der Waals surface area contributed by atoms with Crippen molar-refractivity contribution >= 4 is 16.7 Å². The average molecular weight is 353 g/mol. The summed E-state index contributed by atoms with van der Waals surface area (Å²) in [5.41, 5.74) is 2.03. The molecule has 0 aliphatic carbocycles. The number of rotatable bonds is 8. The van der Waals surface area contributed by atoms with Crippen molar-refractivity contribution in [2.75, 3.05) is 7.05 Å². The smallest absolute Gasteiger partial charge is 0.219 e. The topological polar surface area (TPSA) is 57.8 Å². The van der Waals surface area contributed by atoms with E-state index in [0.29, 0.717) is 6.42 Å². The van der Waals surface area contributed by atoms with Gasteiger partial charge in [0.15, 0.2) is 0 Å². The maximum Gasteiger partial charge on any atom is 0.219 e. The fraction of sp³-hybridized carbons (Fsp3) is 0.333. The van der Waals surface area contributed by atoms with Crippen LogP contribution in [0.1, 0.15) is 37.9 Å². The summed E-state index contributed by atoms with van der Waals surface area (Å²) in [5.74, 6) is 0.869. The molecule has 0 saturated heterocycles. The van der Waals surface area contributed by atoms with E-state index in [1.165, 1.54) is 6.07 Å². The third-order valence-corrected chi connectivity index (χ3v) is 4.59. The van der Waals surface area contributed by atoms with Crippen LogP contribution in [0.3, 0.4) is 0 Å². The Kier molecular flexibility index (Phi) is 6.00. The van der Waals surface area contributed by atoms with Gasteiger partial charge in [0, 0.05) is 25.5 Å². The Morgan fingerprint density at radius 1 is 1.08 bits per heavy atom. The second kappa shape index (κ2) is 8.61. The van der Waals surface area contributed by atoms with Crippen LogP contribution in [0.25, 0.3) is 22.0 Å². The number of aromatic nitrogens is 2. The molecular formula is C21H24FN3O. The molecule has 136 valence electrons. The highest BCUT2D eigenvalue weighted by molar-refractivity contribution is 5.86. The van der Waals surface area contributed by atoms with Crippen molar-refractivity contribution in [1.82, 2.24) is 15.3 Å². The van der Waals surface area contributed by atoms with Gasteiger partial charge in [-0.25, -0.2) is 9.37 Å². The molecule has 0 spiro atoms. The highest BCUT2D eigenvalue weighted by Gasteiger charge is 2.05. The normalized spacial score (nSPS) is 11.0. The van der Waals surface area contributed by atoms with Gasteiger partial charge in [0.2, 0.25) is 5.91 Å². The molecule has 0 radical (unpaired) electrons. The Morgan fingerprint density at radius 3 is 2.69 bits per heavy atom. The number of benzene rings is 2. The number of imidazole rings is 1. The van der Waals surface area contributed by atoms with Crippen LogP contribution in [-0.2, 0) is 11.2 Å². The van der Waals surface area contributed by atoms with E-state index >= 15 is 0 Å². The van der Waals surface area contributed by atoms with Crippen molar-refractivity contribution in [3.63, 3.8) is 0 Å². The number of carbonyl (C=O) groups is 1. The van der Waals surface area contributed by atoms with Gasteiger partial charge in [-0.2, -0.15) is 0 Å². The van der Waals surface area contributed by atoms with E-state index in [0.717, 1.165) is 60.0 Å². The van der Waals surface area contributed by atoms with Crippen LogP contribution in [0, 0.1) is 5.82 Å². The number of aryl methyl sites for hydroxylation is 1. The number of fused-ring (bicyclic) bond motifs is 1. The lowest BCUT2D eigenvalue weighted by molar-refractivity contribution is -0.120. The van der Waals surface area contributed by atoms with Gasteiger partial charge in [-0.05, 0) is 41.8 Å². The number of halogens is 1. The summed E-state index contributed by atoms with van der Waals surface area (Å²) >= 11 is 0. The lowest BCUT2D eigenvalue weighted by Crippen LogP contribution is -2.16. The summed E-state index contributed by atoms with van der Waals surface area (Å²) in [5, 5.41) is 4.55. The largest absolute Gasteiger partial charge is 0.359 e. The van der Waals surface area contributed by atoms with Gasteiger partial charge in [-0.1, -0.05) is 31.0 Å². The van der Waals surface area contributed by atoms with Gasteiger partial charge in [0.25, 0.3) is 0 Å². The molecule has 26 heavy (non-hydrogen) atoms. The number of nitrogens with zero attached hydrogens (tertiary/aromatic N) is 1. The second-order valence-corrected chi connectivity index (χ2v) is 6.54. The fourth-order valence-electron chi connectivity index (χ4n) is 3.08.